The number of pyridine rings is 1. The van der Waals surface area contributed by atoms with Gasteiger partial charge < -0.3 is 5.73 Å². The molecule has 0 spiro atoms. The fourth-order valence-electron chi connectivity index (χ4n) is 1.40. The number of rotatable bonds is 0. The highest BCUT2D eigenvalue weighted by molar-refractivity contribution is 5.85. The van der Waals surface area contributed by atoms with Crippen LogP contribution in [-0.2, 0) is 0 Å². The predicted molar refractivity (Wildman–Crippen MR) is 55.6 cm³/mol. The summed E-state index contributed by atoms with van der Waals surface area (Å²) in [5, 5.41) is 9.75. The number of benzene rings is 1. The van der Waals surface area contributed by atoms with Crippen molar-refractivity contribution in [2.24, 2.45) is 0 Å². The number of hydrogen-bond acceptors (Lipinski definition) is 3. The van der Waals surface area contributed by atoms with Gasteiger partial charge in [0.05, 0.1) is 16.8 Å². The summed E-state index contributed by atoms with van der Waals surface area (Å²) in [4.78, 5) is 4.22. The molecule has 0 unspecified atom stereocenters. The molecule has 2 N–H and O–H groups in total. The molecule has 1 heterocycles. The smallest absolute Gasteiger partial charge is 0.101 e. The van der Waals surface area contributed by atoms with Crippen molar-refractivity contribution >= 4 is 16.6 Å². The molecule has 2 aromatic rings. The summed E-state index contributed by atoms with van der Waals surface area (Å²) in [7, 11) is 0. The molecule has 0 atom stereocenters. The Labute approximate surface area is 81.8 Å². The van der Waals surface area contributed by atoms with E-state index in [9.17, 15) is 0 Å². The highest BCUT2D eigenvalue weighted by Gasteiger charge is 2.02. The van der Waals surface area contributed by atoms with Gasteiger partial charge in [-0.15, -0.1) is 0 Å². The molecule has 3 nitrogen and oxygen atoms in total. The van der Waals surface area contributed by atoms with Crippen molar-refractivity contribution in [3.8, 4) is 6.07 Å². The Kier molecular flexibility index (Phi) is 1.83. The molecule has 14 heavy (non-hydrogen) atoms. The van der Waals surface area contributed by atoms with Gasteiger partial charge >= 0.3 is 0 Å². The molecular formula is C11H9N3. The van der Waals surface area contributed by atoms with Gasteiger partial charge in [-0.2, -0.15) is 5.26 Å². The Hall–Kier alpha value is -2.08. The summed E-state index contributed by atoms with van der Waals surface area (Å²) < 4.78 is 0. The van der Waals surface area contributed by atoms with Gasteiger partial charge in [-0.25, -0.2) is 0 Å². The van der Waals surface area contributed by atoms with Gasteiger partial charge in [-0.05, 0) is 30.7 Å². The molecule has 0 saturated heterocycles. The van der Waals surface area contributed by atoms with E-state index in [-0.39, 0.29) is 0 Å². The summed E-state index contributed by atoms with van der Waals surface area (Å²) in [5.41, 5.74) is 8.58. The molecule has 0 fully saturated rings. The number of aromatic nitrogens is 1. The minimum absolute atomic E-state index is 0.480. The number of nitriles is 1. The largest absolute Gasteiger partial charge is 0.398 e. The first-order valence-electron chi connectivity index (χ1n) is 4.26. The molecule has 68 valence electrons. The number of hydrogen-bond donors (Lipinski definition) is 1. The summed E-state index contributed by atoms with van der Waals surface area (Å²) in [6, 6.07) is 7.53. The minimum atomic E-state index is 0.480. The first kappa shape index (κ1) is 8.52. The van der Waals surface area contributed by atoms with Crippen LogP contribution in [0.2, 0.25) is 0 Å². The molecule has 0 amide bonds. The molecule has 2 rings (SSSR count). The Morgan fingerprint density at radius 2 is 2.14 bits per heavy atom. The fourth-order valence-corrected chi connectivity index (χ4v) is 1.40. The van der Waals surface area contributed by atoms with E-state index in [4.69, 9.17) is 11.0 Å². The Morgan fingerprint density at radius 3 is 2.86 bits per heavy atom. The summed E-state index contributed by atoms with van der Waals surface area (Å²) >= 11 is 0. The van der Waals surface area contributed by atoms with Gasteiger partial charge in [0.25, 0.3) is 0 Å². The van der Waals surface area contributed by atoms with E-state index >= 15 is 0 Å². The summed E-state index contributed by atoms with van der Waals surface area (Å²) in [6.07, 6.45) is 1.78. The maximum absolute atomic E-state index is 8.77. The van der Waals surface area contributed by atoms with Crippen molar-refractivity contribution in [2.45, 2.75) is 6.92 Å². The lowest BCUT2D eigenvalue weighted by Gasteiger charge is -2.01. The number of nitrogens with zero attached hydrogens (tertiary/aromatic N) is 2. The topological polar surface area (TPSA) is 62.7 Å². The van der Waals surface area contributed by atoms with E-state index in [1.54, 1.807) is 18.3 Å². The van der Waals surface area contributed by atoms with Crippen LogP contribution < -0.4 is 5.73 Å². The Bertz CT molecular complexity index is 538. The van der Waals surface area contributed by atoms with Crippen LogP contribution in [0.4, 0.5) is 5.69 Å². The molecule has 1 aromatic heterocycles. The third kappa shape index (κ3) is 1.27. The summed E-state index contributed by atoms with van der Waals surface area (Å²) in [5.74, 6) is 0. The van der Waals surface area contributed by atoms with Crippen molar-refractivity contribution < 1.29 is 0 Å². The SMILES string of the molecule is Cc1cnc2cc(C#N)c(N)cc2c1. The van der Waals surface area contributed by atoms with Crippen LogP contribution in [0.25, 0.3) is 10.9 Å². The zero-order valence-electron chi connectivity index (χ0n) is 7.78. The first-order valence-corrected chi connectivity index (χ1v) is 4.26. The van der Waals surface area contributed by atoms with Gasteiger partial charge in [0.1, 0.15) is 6.07 Å². The molecule has 0 bridgehead atoms. The molecule has 3 heteroatoms. The molecule has 0 aliphatic heterocycles. The first-order chi connectivity index (χ1) is 6.70. The maximum Gasteiger partial charge on any atom is 0.101 e. The van der Waals surface area contributed by atoms with Crippen LogP contribution in [0, 0.1) is 18.3 Å². The molecule has 0 radical (unpaired) electrons. The number of aryl methyl sites for hydroxylation is 1. The molecule has 0 aliphatic rings. The van der Waals surface area contributed by atoms with E-state index < -0.39 is 0 Å². The predicted octanol–water partition coefficient (Wildman–Crippen LogP) is 2.00. The molecular weight excluding hydrogens is 174 g/mol. The zero-order valence-corrected chi connectivity index (χ0v) is 7.78. The highest BCUT2D eigenvalue weighted by atomic mass is 14.7. The molecule has 0 saturated carbocycles. The quantitative estimate of drug-likeness (QED) is 0.635. The van der Waals surface area contributed by atoms with Crippen LogP contribution in [-0.4, -0.2) is 4.98 Å². The lowest BCUT2D eigenvalue weighted by Crippen LogP contribution is -1.91. The molecule has 1 aromatic carbocycles. The van der Waals surface area contributed by atoms with Crippen LogP contribution in [0.5, 0.6) is 0 Å². The van der Waals surface area contributed by atoms with Crippen molar-refractivity contribution in [1.29, 1.82) is 5.26 Å². The second-order valence-electron chi connectivity index (χ2n) is 3.26. The monoisotopic (exact) mass is 183 g/mol. The van der Waals surface area contributed by atoms with Crippen molar-refractivity contribution in [2.75, 3.05) is 5.73 Å². The summed E-state index contributed by atoms with van der Waals surface area (Å²) in [6.45, 7) is 1.97. The van der Waals surface area contributed by atoms with E-state index in [0.717, 1.165) is 16.5 Å². The van der Waals surface area contributed by atoms with Gasteiger partial charge in [-0.1, -0.05) is 0 Å². The second-order valence-corrected chi connectivity index (χ2v) is 3.26. The van der Waals surface area contributed by atoms with Crippen LogP contribution in [0.3, 0.4) is 0 Å². The van der Waals surface area contributed by atoms with Crippen molar-refractivity contribution in [3.63, 3.8) is 0 Å². The Morgan fingerprint density at radius 1 is 1.36 bits per heavy atom. The van der Waals surface area contributed by atoms with E-state index in [2.05, 4.69) is 4.98 Å². The average molecular weight is 183 g/mol. The Balaban J connectivity index is 2.81. The normalized spacial score (nSPS) is 10.0. The van der Waals surface area contributed by atoms with Gasteiger partial charge in [0, 0.05) is 11.6 Å². The lowest BCUT2D eigenvalue weighted by molar-refractivity contribution is 1.33. The average Bonchev–Trinajstić information content (AvgIpc) is 2.16. The number of fused-ring (bicyclic) bond motifs is 1. The van der Waals surface area contributed by atoms with Crippen LogP contribution in [0.15, 0.2) is 24.4 Å². The van der Waals surface area contributed by atoms with E-state index in [0.29, 0.717) is 11.3 Å². The standard InChI is InChI=1S/C11H9N3/c1-7-2-8-3-10(13)9(5-12)4-11(8)14-6-7/h2-4,6H,13H2,1H3. The van der Waals surface area contributed by atoms with Gasteiger partial charge in [0.2, 0.25) is 0 Å². The van der Waals surface area contributed by atoms with Crippen LogP contribution >= 0.6 is 0 Å². The third-order valence-corrected chi connectivity index (χ3v) is 2.11. The lowest BCUT2D eigenvalue weighted by atomic mass is 10.1. The maximum atomic E-state index is 8.77. The minimum Gasteiger partial charge on any atom is -0.398 e. The number of anilines is 1. The highest BCUT2D eigenvalue weighted by Crippen LogP contribution is 2.20. The van der Waals surface area contributed by atoms with Gasteiger partial charge in [-0.3, -0.25) is 4.98 Å². The third-order valence-electron chi connectivity index (χ3n) is 2.11. The number of nitrogens with two attached hydrogens (primary N) is 1. The van der Waals surface area contributed by atoms with Gasteiger partial charge in [0.15, 0.2) is 0 Å². The van der Waals surface area contributed by atoms with Crippen molar-refractivity contribution in [1.82, 2.24) is 4.98 Å². The van der Waals surface area contributed by atoms with Crippen LogP contribution in [0.1, 0.15) is 11.1 Å². The fraction of sp³-hybridized carbons (Fsp3) is 0.0909. The number of nitrogen functional groups attached to an aromatic ring is 1. The van der Waals surface area contributed by atoms with E-state index in [1.165, 1.54) is 0 Å². The van der Waals surface area contributed by atoms with E-state index in [1.807, 2.05) is 19.1 Å². The zero-order chi connectivity index (χ0) is 10.1. The molecule has 0 aliphatic carbocycles. The second kappa shape index (κ2) is 3.00. The van der Waals surface area contributed by atoms with Crippen molar-refractivity contribution in [3.05, 3.63) is 35.5 Å².